The Morgan fingerprint density at radius 1 is 0.917 bits per heavy atom. The molecule has 0 unspecified atom stereocenters. The van der Waals surface area contributed by atoms with Gasteiger partial charge in [0, 0.05) is 30.4 Å². The van der Waals surface area contributed by atoms with Gasteiger partial charge in [-0.25, -0.2) is 9.50 Å². The summed E-state index contributed by atoms with van der Waals surface area (Å²) in [4.78, 5) is 25.0. The molecular formula is C17H12ClN5O. The molecule has 7 heteroatoms. The maximum atomic E-state index is 12.6. The Balaban J connectivity index is 0.00000169. The molecule has 4 aromatic rings. The van der Waals surface area contributed by atoms with Crippen LogP contribution in [0.2, 0.25) is 0 Å². The highest BCUT2D eigenvalue weighted by molar-refractivity contribution is 6.11. The lowest BCUT2D eigenvalue weighted by Crippen LogP contribution is -2.04. The summed E-state index contributed by atoms with van der Waals surface area (Å²) in [5, 5.41) is 4.33. The van der Waals surface area contributed by atoms with Crippen LogP contribution in [0.1, 0.15) is 16.1 Å². The average molecular weight is 338 g/mol. The fourth-order valence-corrected chi connectivity index (χ4v) is 2.43. The van der Waals surface area contributed by atoms with Crippen LogP contribution in [0.15, 0.2) is 67.4 Å². The number of fused-ring (bicyclic) bond motifs is 1. The SMILES string of the molecule is Cl.O=C(c1ccccn1)c1cnn2c(-c3ccncc3)ccnc12. The molecule has 0 aliphatic carbocycles. The van der Waals surface area contributed by atoms with E-state index < -0.39 is 0 Å². The summed E-state index contributed by atoms with van der Waals surface area (Å²) in [6, 6.07) is 10.9. The third-order valence-corrected chi connectivity index (χ3v) is 3.52. The molecule has 0 bridgehead atoms. The van der Waals surface area contributed by atoms with Crippen LogP contribution >= 0.6 is 12.4 Å². The molecule has 118 valence electrons. The number of pyridine rings is 2. The number of nitrogens with zero attached hydrogens (tertiary/aromatic N) is 5. The first-order chi connectivity index (χ1) is 11.3. The summed E-state index contributed by atoms with van der Waals surface area (Å²) in [7, 11) is 0. The molecule has 0 aromatic carbocycles. The molecular weight excluding hydrogens is 326 g/mol. The first-order valence-electron chi connectivity index (χ1n) is 7.03. The lowest BCUT2D eigenvalue weighted by Gasteiger charge is -2.04. The first kappa shape index (κ1) is 15.8. The van der Waals surface area contributed by atoms with E-state index in [1.165, 1.54) is 6.20 Å². The molecule has 0 N–H and O–H groups in total. The second-order valence-corrected chi connectivity index (χ2v) is 4.90. The molecule has 0 aliphatic heterocycles. The van der Waals surface area contributed by atoms with Crippen molar-refractivity contribution in [2.45, 2.75) is 0 Å². The zero-order valence-electron chi connectivity index (χ0n) is 12.4. The van der Waals surface area contributed by atoms with Gasteiger partial charge in [0.25, 0.3) is 0 Å². The van der Waals surface area contributed by atoms with E-state index in [0.717, 1.165) is 11.3 Å². The number of hydrogen-bond acceptors (Lipinski definition) is 5. The lowest BCUT2D eigenvalue weighted by atomic mass is 10.1. The fraction of sp³-hybridized carbons (Fsp3) is 0. The van der Waals surface area contributed by atoms with Crippen molar-refractivity contribution in [1.29, 1.82) is 0 Å². The first-order valence-corrected chi connectivity index (χ1v) is 7.03. The minimum atomic E-state index is -0.194. The topological polar surface area (TPSA) is 73.0 Å². The van der Waals surface area contributed by atoms with Crippen LogP contribution in [0.3, 0.4) is 0 Å². The van der Waals surface area contributed by atoms with E-state index in [1.807, 2.05) is 18.2 Å². The molecule has 0 radical (unpaired) electrons. The normalized spacial score (nSPS) is 10.3. The van der Waals surface area contributed by atoms with Gasteiger partial charge in [0.1, 0.15) is 5.69 Å². The minimum Gasteiger partial charge on any atom is -0.287 e. The molecule has 4 aromatic heterocycles. The molecule has 0 saturated carbocycles. The largest absolute Gasteiger partial charge is 0.287 e. The zero-order chi connectivity index (χ0) is 15.6. The fourth-order valence-electron chi connectivity index (χ4n) is 2.43. The van der Waals surface area contributed by atoms with E-state index in [9.17, 15) is 4.79 Å². The van der Waals surface area contributed by atoms with E-state index in [2.05, 4.69) is 20.1 Å². The second-order valence-electron chi connectivity index (χ2n) is 4.90. The van der Waals surface area contributed by atoms with Crippen LogP contribution in [0.4, 0.5) is 0 Å². The van der Waals surface area contributed by atoms with Gasteiger partial charge >= 0.3 is 0 Å². The van der Waals surface area contributed by atoms with Crippen molar-refractivity contribution in [2.75, 3.05) is 0 Å². The summed E-state index contributed by atoms with van der Waals surface area (Å²) in [5.74, 6) is -0.194. The number of ketones is 1. The molecule has 0 amide bonds. The van der Waals surface area contributed by atoms with Crippen LogP contribution in [0, 0.1) is 0 Å². The highest BCUT2D eigenvalue weighted by Gasteiger charge is 2.18. The zero-order valence-corrected chi connectivity index (χ0v) is 13.2. The molecule has 6 nitrogen and oxygen atoms in total. The van der Waals surface area contributed by atoms with Crippen molar-refractivity contribution in [3.63, 3.8) is 0 Å². The van der Waals surface area contributed by atoms with Crippen molar-refractivity contribution < 1.29 is 4.79 Å². The van der Waals surface area contributed by atoms with E-state index in [-0.39, 0.29) is 18.2 Å². The van der Waals surface area contributed by atoms with Crippen LogP contribution in [-0.2, 0) is 0 Å². The smallest absolute Gasteiger partial charge is 0.216 e. The summed E-state index contributed by atoms with van der Waals surface area (Å²) >= 11 is 0. The highest BCUT2D eigenvalue weighted by atomic mass is 35.5. The Labute approximate surface area is 143 Å². The Morgan fingerprint density at radius 3 is 2.50 bits per heavy atom. The van der Waals surface area contributed by atoms with Crippen molar-refractivity contribution >= 4 is 23.8 Å². The maximum absolute atomic E-state index is 12.6. The van der Waals surface area contributed by atoms with E-state index in [1.54, 1.807) is 47.5 Å². The Hall–Kier alpha value is -3.12. The van der Waals surface area contributed by atoms with Crippen LogP contribution in [0.5, 0.6) is 0 Å². The third-order valence-electron chi connectivity index (χ3n) is 3.52. The summed E-state index contributed by atoms with van der Waals surface area (Å²) < 4.78 is 1.66. The van der Waals surface area contributed by atoms with Gasteiger partial charge in [0.05, 0.1) is 17.5 Å². The van der Waals surface area contributed by atoms with Gasteiger partial charge in [-0.2, -0.15) is 5.10 Å². The predicted octanol–water partition coefficient (Wildman–Crippen LogP) is 2.84. The Morgan fingerprint density at radius 2 is 1.75 bits per heavy atom. The molecule has 4 rings (SSSR count). The molecule has 4 heterocycles. The van der Waals surface area contributed by atoms with E-state index in [0.29, 0.717) is 16.9 Å². The molecule has 0 spiro atoms. The van der Waals surface area contributed by atoms with Crippen LogP contribution in [-0.4, -0.2) is 30.3 Å². The van der Waals surface area contributed by atoms with Gasteiger partial charge in [-0.15, -0.1) is 12.4 Å². The van der Waals surface area contributed by atoms with Crippen molar-refractivity contribution in [3.8, 4) is 11.3 Å². The second kappa shape index (κ2) is 6.55. The number of aromatic nitrogens is 5. The molecule has 0 fully saturated rings. The number of carbonyl (C=O) groups is 1. The number of carbonyl (C=O) groups excluding carboxylic acids is 1. The Kier molecular flexibility index (Phi) is 4.31. The third kappa shape index (κ3) is 2.63. The summed E-state index contributed by atoms with van der Waals surface area (Å²) in [6.07, 6.45) is 8.22. The average Bonchev–Trinajstić information content (AvgIpc) is 3.06. The lowest BCUT2D eigenvalue weighted by molar-refractivity contribution is 0.103. The molecule has 24 heavy (non-hydrogen) atoms. The number of halogens is 1. The highest BCUT2D eigenvalue weighted by Crippen LogP contribution is 2.21. The molecule has 0 saturated heterocycles. The van der Waals surface area contributed by atoms with Crippen molar-refractivity contribution in [1.82, 2.24) is 24.6 Å². The van der Waals surface area contributed by atoms with Crippen molar-refractivity contribution in [3.05, 3.63) is 78.6 Å². The molecule has 0 aliphatic rings. The van der Waals surface area contributed by atoms with E-state index in [4.69, 9.17) is 0 Å². The molecule has 0 atom stereocenters. The van der Waals surface area contributed by atoms with Crippen molar-refractivity contribution in [2.24, 2.45) is 0 Å². The van der Waals surface area contributed by atoms with Gasteiger partial charge in [-0.1, -0.05) is 6.07 Å². The maximum Gasteiger partial charge on any atom is 0.216 e. The summed E-state index contributed by atoms with van der Waals surface area (Å²) in [5.41, 5.74) is 3.11. The van der Waals surface area contributed by atoms with Gasteiger partial charge in [0.2, 0.25) is 5.78 Å². The minimum absolute atomic E-state index is 0. The summed E-state index contributed by atoms with van der Waals surface area (Å²) in [6.45, 7) is 0. The Bertz CT molecular complexity index is 986. The standard InChI is InChI=1S/C17H11N5O.ClH/c23-16(14-3-1-2-7-19-14)13-11-21-22-15(6-10-20-17(13)22)12-4-8-18-9-5-12;/h1-11H;1H. The van der Waals surface area contributed by atoms with Gasteiger partial charge < -0.3 is 0 Å². The monoisotopic (exact) mass is 337 g/mol. The van der Waals surface area contributed by atoms with Gasteiger partial charge in [-0.3, -0.25) is 14.8 Å². The van der Waals surface area contributed by atoms with Crippen LogP contribution < -0.4 is 0 Å². The van der Waals surface area contributed by atoms with Gasteiger partial charge in [0.15, 0.2) is 5.65 Å². The van der Waals surface area contributed by atoms with Crippen LogP contribution in [0.25, 0.3) is 16.9 Å². The van der Waals surface area contributed by atoms with Gasteiger partial charge in [-0.05, 0) is 30.3 Å². The number of hydrogen-bond donors (Lipinski definition) is 0. The predicted molar refractivity (Wildman–Crippen MR) is 91.1 cm³/mol. The number of rotatable bonds is 3. The van der Waals surface area contributed by atoms with E-state index >= 15 is 0 Å². The quantitative estimate of drug-likeness (QED) is 0.537.